The van der Waals surface area contributed by atoms with E-state index in [4.69, 9.17) is 4.52 Å². The van der Waals surface area contributed by atoms with Crippen LogP contribution < -0.4 is 4.90 Å². The van der Waals surface area contributed by atoms with Gasteiger partial charge in [-0.15, -0.1) is 0 Å². The van der Waals surface area contributed by atoms with Crippen molar-refractivity contribution >= 4 is 11.6 Å². The van der Waals surface area contributed by atoms with Gasteiger partial charge in [-0.25, -0.2) is 0 Å². The summed E-state index contributed by atoms with van der Waals surface area (Å²) < 4.78 is 5.31. The molecule has 0 atom stereocenters. The number of benzene rings is 1. The zero-order chi connectivity index (χ0) is 17.2. The molecule has 4 rings (SSSR count). The van der Waals surface area contributed by atoms with Crippen LogP contribution in [0.3, 0.4) is 0 Å². The molecule has 1 aliphatic heterocycles. The van der Waals surface area contributed by atoms with Crippen LogP contribution in [0.5, 0.6) is 0 Å². The minimum absolute atomic E-state index is 0.0638. The molecule has 6 heteroatoms. The summed E-state index contributed by atoms with van der Waals surface area (Å²) in [5, 5.41) is 13.3. The molecule has 0 bridgehead atoms. The van der Waals surface area contributed by atoms with Crippen molar-refractivity contribution in [3.05, 3.63) is 47.3 Å². The maximum absolute atomic E-state index is 12.7. The Morgan fingerprint density at radius 2 is 2.04 bits per heavy atom. The highest BCUT2D eigenvalue weighted by Gasteiger charge is 2.30. The number of nitriles is 1. The predicted molar refractivity (Wildman–Crippen MR) is 92.4 cm³/mol. The van der Waals surface area contributed by atoms with E-state index in [2.05, 4.69) is 16.1 Å². The van der Waals surface area contributed by atoms with Crippen molar-refractivity contribution in [3.8, 4) is 6.07 Å². The highest BCUT2D eigenvalue weighted by atomic mass is 16.5. The van der Waals surface area contributed by atoms with Gasteiger partial charge in [0, 0.05) is 38.2 Å². The molecular weight excluding hydrogens is 316 g/mol. The quantitative estimate of drug-likeness (QED) is 0.862. The van der Waals surface area contributed by atoms with Gasteiger partial charge in [-0.1, -0.05) is 17.3 Å². The van der Waals surface area contributed by atoms with Crippen LogP contribution in [0.25, 0.3) is 0 Å². The number of hydrogen-bond acceptors (Lipinski definition) is 5. The van der Waals surface area contributed by atoms with Crippen LogP contribution in [-0.4, -0.2) is 42.1 Å². The van der Waals surface area contributed by atoms with Gasteiger partial charge in [0.05, 0.1) is 11.3 Å². The first-order chi connectivity index (χ1) is 12.3. The number of carbonyl (C=O) groups excluding carboxylic acids is 1. The molecule has 1 amide bonds. The third kappa shape index (κ3) is 3.22. The first-order valence-corrected chi connectivity index (χ1v) is 8.76. The molecule has 1 saturated heterocycles. The van der Waals surface area contributed by atoms with E-state index < -0.39 is 0 Å². The van der Waals surface area contributed by atoms with Gasteiger partial charge in [-0.3, -0.25) is 4.79 Å². The van der Waals surface area contributed by atoms with Crippen LogP contribution in [0.15, 0.2) is 34.9 Å². The largest absolute Gasteiger partial charge is 0.369 e. The Kier molecular flexibility index (Phi) is 4.14. The summed E-state index contributed by atoms with van der Waals surface area (Å²) in [6, 6.07) is 11.7. The number of aromatic nitrogens is 1. The van der Waals surface area contributed by atoms with E-state index >= 15 is 0 Å². The summed E-state index contributed by atoms with van der Waals surface area (Å²) in [7, 11) is 0. The van der Waals surface area contributed by atoms with E-state index in [1.807, 2.05) is 29.2 Å². The fraction of sp³-hybridized carbons (Fsp3) is 0.421. The maximum Gasteiger partial charge on any atom is 0.276 e. The van der Waals surface area contributed by atoms with Crippen molar-refractivity contribution < 1.29 is 9.32 Å². The third-order valence-electron chi connectivity index (χ3n) is 4.88. The lowest BCUT2D eigenvalue weighted by Crippen LogP contribution is -2.35. The summed E-state index contributed by atoms with van der Waals surface area (Å²) in [6.45, 7) is 2.84. The molecule has 0 unspecified atom stereocenters. The van der Waals surface area contributed by atoms with Gasteiger partial charge >= 0.3 is 0 Å². The zero-order valence-electron chi connectivity index (χ0n) is 14.0. The van der Waals surface area contributed by atoms with Crippen LogP contribution in [0, 0.1) is 11.3 Å². The summed E-state index contributed by atoms with van der Waals surface area (Å²) >= 11 is 0. The van der Waals surface area contributed by atoms with Crippen molar-refractivity contribution in [2.45, 2.75) is 25.2 Å². The Bertz CT molecular complexity index is 819. The van der Waals surface area contributed by atoms with Crippen LogP contribution in [0.1, 0.15) is 47.0 Å². The second-order valence-electron chi connectivity index (χ2n) is 6.65. The second-order valence-corrected chi connectivity index (χ2v) is 6.65. The average Bonchev–Trinajstić information content (AvgIpc) is 3.43. The molecular formula is C19H20N4O2. The average molecular weight is 336 g/mol. The van der Waals surface area contributed by atoms with Gasteiger partial charge in [0.15, 0.2) is 5.69 Å². The van der Waals surface area contributed by atoms with E-state index in [0.717, 1.165) is 37.3 Å². The SMILES string of the molecule is N#Cc1ccccc1N1CCCN(C(=O)c2cc(C3CC3)on2)CC1. The number of hydrogen-bond donors (Lipinski definition) is 0. The van der Waals surface area contributed by atoms with Crippen LogP contribution in [0.4, 0.5) is 5.69 Å². The molecule has 2 heterocycles. The Hall–Kier alpha value is -2.81. The topological polar surface area (TPSA) is 73.4 Å². The van der Waals surface area contributed by atoms with E-state index in [9.17, 15) is 10.1 Å². The Morgan fingerprint density at radius 1 is 1.20 bits per heavy atom. The number of para-hydroxylation sites is 1. The third-order valence-corrected chi connectivity index (χ3v) is 4.88. The minimum atomic E-state index is -0.0638. The first kappa shape index (κ1) is 15.7. The lowest BCUT2D eigenvalue weighted by atomic mass is 10.1. The Labute approximate surface area is 146 Å². The molecule has 25 heavy (non-hydrogen) atoms. The monoisotopic (exact) mass is 336 g/mol. The van der Waals surface area contributed by atoms with E-state index in [1.54, 1.807) is 6.07 Å². The highest BCUT2D eigenvalue weighted by Crippen LogP contribution is 2.40. The standard InChI is InChI=1S/C19H20N4O2/c20-13-15-4-1-2-5-17(15)22-8-3-9-23(11-10-22)19(24)16-12-18(25-21-16)14-6-7-14/h1-2,4-5,12,14H,3,6-11H2. The van der Waals surface area contributed by atoms with Crippen LogP contribution in [-0.2, 0) is 0 Å². The summed E-state index contributed by atoms with van der Waals surface area (Å²) in [4.78, 5) is 16.7. The molecule has 1 aromatic carbocycles. The lowest BCUT2D eigenvalue weighted by molar-refractivity contribution is 0.0756. The van der Waals surface area contributed by atoms with Crippen LogP contribution >= 0.6 is 0 Å². The number of amides is 1. The molecule has 1 aliphatic carbocycles. The number of carbonyl (C=O) groups is 1. The molecule has 2 fully saturated rings. The summed E-state index contributed by atoms with van der Waals surface area (Å²) in [6.07, 6.45) is 3.11. The molecule has 0 spiro atoms. The minimum Gasteiger partial charge on any atom is -0.369 e. The molecule has 2 aromatic rings. The second kappa shape index (κ2) is 6.60. The van der Waals surface area contributed by atoms with Gasteiger partial charge in [0.25, 0.3) is 5.91 Å². The molecule has 0 radical (unpaired) electrons. The molecule has 0 N–H and O–H groups in total. The first-order valence-electron chi connectivity index (χ1n) is 8.76. The summed E-state index contributed by atoms with van der Waals surface area (Å²) in [5.74, 6) is 1.23. The van der Waals surface area contributed by atoms with Gasteiger partial charge in [-0.2, -0.15) is 5.26 Å². The van der Waals surface area contributed by atoms with Crippen molar-refractivity contribution in [2.24, 2.45) is 0 Å². The van der Waals surface area contributed by atoms with Gasteiger partial charge in [0.1, 0.15) is 11.8 Å². The molecule has 1 aromatic heterocycles. The molecule has 128 valence electrons. The Balaban J connectivity index is 1.45. The van der Waals surface area contributed by atoms with Gasteiger partial charge < -0.3 is 14.3 Å². The smallest absolute Gasteiger partial charge is 0.276 e. The fourth-order valence-corrected chi connectivity index (χ4v) is 3.32. The van der Waals surface area contributed by atoms with E-state index in [1.165, 1.54) is 0 Å². The molecule has 1 saturated carbocycles. The number of anilines is 1. The molecule has 2 aliphatic rings. The number of nitrogens with zero attached hydrogens (tertiary/aromatic N) is 4. The highest BCUT2D eigenvalue weighted by molar-refractivity contribution is 5.92. The van der Waals surface area contributed by atoms with Gasteiger partial charge in [0.2, 0.25) is 0 Å². The van der Waals surface area contributed by atoms with E-state index in [0.29, 0.717) is 36.8 Å². The van der Waals surface area contributed by atoms with Crippen molar-refractivity contribution in [1.29, 1.82) is 5.26 Å². The van der Waals surface area contributed by atoms with Crippen molar-refractivity contribution in [3.63, 3.8) is 0 Å². The Morgan fingerprint density at radius 3 is 2.84 bits per heavy atom. The lowest BCUT2D eigenvalue weighted by Gasteiger charge is -2.24. The molecule has 6 nitrogen and oxygen atoms in total. The van der Waals surface area contributed by atoms with Gasteiger partial charge in [-0.05, 0) is 31.4 Å². The van der Waals surface area contributed by atoms with Crippen LogP contribution in [0.2, 0.25) is 0 Å². The van der Waals surface area contributed by atoms with E-state index in [-0.39, 0.29) is 5.91 Å². The number of rotatable bonds is 3. The maximum atomic E-state index is 12.7. The zero-order valence-corrected chi connectivity index (χ0v) is 14.0. The normalized spacial score (nSPS) is 17.9. The summed E-state index contributed by atoms with van der Waals surface area (Å²) in [5.41, 5.74) is 2.03. The van der Waals surface area contributed by atoms with Crippen molar-refractivity contribution in [1.82, 2.24) is 10.1 Å². The fourth-order valence-electron chi connectivity index (χ4n) is 3.32. The predicted octanol–water partition coefficient (Wildman–Crippen LogP) is 2.78. The van der Waals surface area contributed by atoms with Crippen molar-refractivity contribution in [2.75, 3.05) is 31.1 Å².